The van der Waals surface area contributed by atoms with Gasteiger partial charge in [0.2, 0.25) is 5.91 Å². The molecule has 0 spiro atoms. The molecule has 1 aromatic heterocycles. The molecular formula is C13H23N5O. The Hall–Kier alpha value is -1.40. The number of nitrogens with zero attached hydrogens (tertiary/aromatic N) is 4. The number of aromatic nitrogens is 2. The highest BCUT2D eigenvalue weighted by Gasteiger charge is 2.27. The van der Waals surface area contributed by atoms with Gasteiger partial charge in [-0.15, -0.1) is 0 Å². The van der Waals surface area contributed by atoms with Crippen molar-refractivity contribution in [1.29, 1.82) is 0 Å². The molecule has 6 heteroatoms. The summed E-state index contributed by atoms with van der Waals surface area (Å²) in [4.78, 5) is 16.3. The predicted molar refractivity (Wildman–Crippen MR) is 73.4 cm³/mol. The molecule has 2 heterocycles. The summed E-state index contributed by atoms with van der Waals surface area (Å²) in [6.45, 7) is 1.85. The molecule has 0 aliphatic carbocycles. The van der Waals surface area contributed by atoms with E-state index in [0.29, 0.717) is 6.04 Å². The molecule has 0 saturated carbocycles. The van der Waals surface area contributed by atoms with Gasteiger partial charge in [0.15, 0.2) is 0 Å². The number of likely N-dealkylation sites (tertiary alicyclic amines) is 1. The summed E-state index contributed by atoms with van der Waals surface area (Å²) in [5.41, 5.74) is 6.77. The number of carbonyl (C=O) groups is 1. The number of amides is 1. The number of hydrogen-bond donors (Lipinski definition) is 1. The van der Waals surface area contributed by atoms with Crippen LogP contribution in [0, 0.1) is 0 Å². The van der Waals surface area contributed by atoms with Gasteiger partial charge in [-0.05, 0) is 26.4 Å². The number of hydrogen-bond acceptors (Lipinski definition) is 4. The zero-order valence-electron chi connectivity index (χ0n) is 11.9. The van der Waals surface area contributed by atoms with Crippen molar-refractivity contribution in [2.75, 3.05) is 27.2 Å². The van der Waals surface area contributed by atoms with Crippen LogP contribution in [-0.4, -0.2) is 58.7 Å². The first-order chi connectivity index (χ1) is 8.99. The summed E-state index contributed by atoms with van der Waals surface area (Å²) in [5, 5.41) is 4.05. The van der Waals surface area contributed by atoms with E-state index in [4.69, 9.17) is 5.73 Å². The summed E-state index contributed by atoms with van der Waals surface area (Å²) in [5.74, 6) is -0.0479. The molecule has 0 radical (unpaired) electrons. The Morgan fingerprint density at radius 3 is 2.89 bits per heavy atom. The Balaban J connectivity index is 1.94. The molecule has 0 aromatic carbocycles. The first kappa shape index (κ1) is 14.0. The molecule has 1 aliphatic rings. The van der Waals surface area contributed by atoms with Crippen LogP contribution in [0.2, 0.25) is 0 Å². The van der Waals surface area contributed by atoms with E-state index >= 15 is 0 Å². The quantitative estimate of drug-likeness (QED) is 0.830. The standard InChI is InChI=1S/C13H23N5O/c1-16-6-4-5-11(16)9-17(2)13(19)12(14)10-7-15-18(3)8-10/h7-8,11-12H,4-6,9,14H2,1-3H3. The minimum Gasteiger partial charge on any atom is -0.343 e. The number of rotatable bonds is 4. The molecule has 106 valence electrons. The fraction of sp³-hybridized carbons (Fsp3) is 0.692. The van der Waals surface area contributed by atoms with Crippen LogP contribution in [-0.2, 0) is 11.8 Å². The summed E-state index contributed by atoms with van der Waals surface area (Å²) >= 11 is 0. The molecule has 1 aromatic rings. The highest BCUT2D eigenvalue weighted by Crippen LogP contribution is 2.17. The number of nitrogens with two attached hydrogens (primary N) is 1. The molecule has 1 saturated heterocycles. The van der Waals surface area contributed by atoms with E-state index in [0.717, 1.165) is 25.1 Å². The van der Waals surface area contributed by atoms with E-state index in [9.17, 15) is 4.79 Å². The van der Waals surface area contributed by atoms with Crippen LogP contribution in [0.1, 0.15) is 24.4 Å². The van der Waals surface area contributed by atoms with Gasteiger partial charge in [-0.1, -0.05) is 0 Å². The number of aryl methyl sites for hydroxylation is 1. The van der Waals surface area contributed by atoms with Crippen LogP contribution in [0.4, 0.5) is 0 Å². The van der Waals surface area contributed by atoms with Crippen molar-refractivity contribution in [1.82, 2.24) is 19.6 Å². The fourth-order valence-electron chi connectivity index (χ4n) is 2.60. The summed E-state index contributed by atoms with van der Waals surface area (Å²) in [6, 6.07) is -0.166. The highest BCUT2D eigenvalue weighted by atomic mass is 16.2. The zero-order valence-corrected chi connectivity index (χ0v) is 11.9. The van der Waals surface area contributed by atoms with Gasteiger partial charge in [0.05, 0.1) is 6.20 Å². The molecule has 0 bridgehead atoms. The Morgan fingerprint density at radius 2 is 2.37 bits per heavy atom. The van der Waals surface area contributed by atoms with E-state index in [1.54, 1.807) is 22.0 Å². The van der Waals surface area contributed by atoms with E-state index in [2.05, 4.69) is 17.0 Å². The molecule has 1 aliphatic heterocycles. The first-order valence-corrected chi connectivity index (χ1v) is 6.68. The minimum absolute atomic E-state index is 0.0479. The molecule has 6 nitrogen and oxygen atoms in total. The van der Waals surface area contributed by atoms with E-state index in [1.807, 2.05) is 14.1 Å². The van der Waals surface area contributed by atoms with Crippen LogP contribution in [0.25, 0.3) is 0 Å². The first-order valence-electron chi connectivity index (χ1n) is 6.68. The maximum atomic E-state index is 12.3. The van der Waals surface area contributed by atoms with E-state index < -0.39 is 6.04 Å². The Kier molecular flexibility index (Phi) is 4.21. The van der Waals surface area contributed by atoms with Gasteiger partial charge in [-0.3, -0.25) is 9.48 Å². The molecule has 1 amide bonds. The molecule has 2 atom stereocenters. The number of carbonyl (C=O) groups excluding carboxylic acids is 1. The van der Waals surface area contributed by atoms with Crippen molar-refractivity contribution < 1.29 is 4.79 Å². The second kappa shape index (κ2) is 5.71. The normalized spacial score (nSPS) is 21.6. The summed E-state index contributed by atoms with van der Waals surface area (Å²) in [6.07, 6.45) is 5.80. The van der Waals surface area contributed by atoms with Crippen molar-refractivity contribution in [3.05, 3.63) is 18.0 Å². The average molecular weight is 265 g/mol. The summed E-state index contributed by atoms with van der Waals surface area (Å²) < 4.78 is 1.66. The van der Waals surface area contributed by atoms with E-state index in [1.165, 1.54) is 6.42 Å². The summed E-state index contributed by atoms with van der Waals surface area (Å²) in [7, 11) is 5.75. The molecule has 2 N–H and O–H groups in total. The Labute approximate surface area is 114 Å². The van der Waals surface area contributed by atoms with Gasteiger partial charge in [0.25, 0.3) is 0 Å². The van der Waals surface area contributed by atoms with Crippen molar-refractivity contribution >= 4 is 5.91 Å². The number of likely N-dealkylation sites (N-methyl/N-ethyl adjacent to an activating group) is 2. The maximum Gasteiger partial charge on any atom is 0.243 e. The van der Waals surface area contributed by atoms with Gasteiger partial charge >= 0.3 is 0 Å². The van der Waals surface area contributed by atoms with Gasteiger partial charge in [0, 0.05) is 38.4 Å². The van der Waals surface area contributed by atoms with Crippen molar-refractivity contribution in [2.24, 2.45) is 12.8 Å². The fourth-order valence-corrected chi connectivity index (χ4v) is 2.60. The minimum atomic E-state index is -0.620. The maximum absolute atomic E-state index is 12.3. The Bertz CT molecular complexity index is 444. The third-order valence-electron chi connectivity index (χ3n) is 3.88. The lowest BCUT2D eigenvalue weighted by Gasteiger charge is -2.27. The third-order valence-corrected chi connectivity index (χ3v) is 3.88. The van der Waals surface area contributed by atoms with Crippen LogP contribution in [0.3, 0.4) is 0 Å². The molecule has 19 heavy (non-hydrogen) atoms. The van der Waals surface area contributed by atoms with Crippen LogP contribution in [0.5, 0.6) is 0 Å². The van der Waals surface area contributed by atoms with Gasteiger partial charge in [-0.25, -0.2) is 0 Å². The van der Waals surface area contributed by atoms with Gasteiger partial charge in [0.1, 0.15) is 6.04 Å². The largest absolute Gasteiger partial charge is 0.343 e. The lowest BCUT2D eigenvalue weighted by molar-refractivity contribution is -0.132. The van der Waals surface area contributed by atoms with Crippen molar-refractivity contribution in [3.8, 4) is 0 Å². The molecule has 2 unspecified atom stereocenters. The smallest absolute Gasteiger partial charge is 0.243 e. The Morgan fingerprint density at radius 1 is 1.63 bits per heavy atom. The average Bonchev–Trinajstić information content (AvgIpc) is 2.97. The molecular weight excluding hydrogens is 242 g/mol. The lowest BCUT2D eigenvalue weighted by atomic mass is 10.1. The van der Waals surface area contributed by atoms with Gasteiger partial charge in [-0.2, -0.15) is 5.10 Å². The third kappa shape index (κ3) is 3.13. The van der Waals surface area contributed by atoms with Crippen LogP contribution in [0.15, 0.2) is 12.4 Å². The van der Waals surface area contributed by atoms with Gasteiger partial charge < -0.3 is 15.5 Å². The monoisotopic (exact) mass is 265 g/mol. The second-order valence-corrected chi connectivity index (χ2v) is 5.42. The van der Waals surface area contributed by atoms with Crippen molar-refractivity contribution in [3.63, 3.8) is 0 Å². The van der Waals surface area contributed by atoms with E-state index in [-0.39, 0.29) is 5.91 Å². The lowest BCUT2D eigenvalue weighted by Crippen LogP contribution is -2.43. The highest BCUT2D eigenvalue weighted by molar-refractivity contribution is 5.82. The van der Waals surface area contributed by atoms with Crippen LogP contribution >= 0.6 is 0 Å². The molecule has 2 rings (SSSR count). The second-order valence-electron chi connectivity index (χ2n) is 5.42. The SMILES string of the molecule is CN(CC1CCCN1C)C(=O)C(N)c1cnn(C)c1. The predicted octanol–water partition coefficient (Wildman–Crippen LogP) is -0.0275. The topological polar surface area (TPSA) is 67.4 Å². The van der Waals surface area contributed by atoms with Crippen LogP contribution < -0.4 is 5.73 Å². The molecule has 1 fully saturated rings. The zero-order chi connectivity index (χ0) is 14.0. The van der Waals surface area contributed by atoms with Crippen molar-refractivity contribution in [2.45, 2.75) is 24.9 Å².